The molecular weight excluding hydrogens is 208 g/mol. The fourth-order valence-electron chi connectivity index (χ4n) is 1.77. The van der Waals surface area contributed by atoms with Crippen LogP contribution in [0.2, 0.25) is 0 Å². The smallest absolute Gasteiger partial charge is 0.243 e. The molecule has 1 heterocycles. The van der Waals surface area contributed by atoms with Crippen LogP contribution in [0.3, 0.4) is 0 Å². The van der Waals surface area contributed by atoms with E-state index in [4.69, 9.17) is 4.74 Å². The SMILES string of the molecule is CCC1C(=O)NCC(=O)N1CCOC(C)C. The van der Waals surface area contributed by atoms with Gasteiger partial charge in [0.2, 0.25) is 11.8 Å². The number of rotatable bonds is 5. The minimum Gasteiger partial charge on any atom is -0.377 e. The maximum Gasteiger partial charge on any atom is 0.243 e. The van der Waals surface area contributed by atoms with Crippen molar-refractivity contribution >= 4 is 11.8 Å². The van der Waals surface area contributed by atoms with E-state index in [9.17, 15) is 9.59 Å². The monoisotopic (exact) mass is 228 g/mol. The van der Waals surface area contributed by atoms with E-state index in [0.29, 0.717) is 19.6 Å². The number of amides is 2. The van der Waals surface area contributed by atoms with Gasteiger partial charge in [-0.05, 0) is 20.3 Å². The first kappa shape index (κ1) is 13.0. The van der Waals surface area contributed by atoms with Gasteiger partial charge in [0, 0.05) is 6.54 Å². The van der Waals surface area contributed by atoms with Crippen molar-refractivity contribution in [2.75, 3.05) is 19.7 Å². The van der Waals surface area contributed by atoms with E-state index in [1.807, 2.05) is 20.8 Å². The molecule has 0 aromatic heterocycles. The Morgan fingerprint density at radius 2 is 2.19 bits per heavy atom. The largest absolute Gasteiger partial charge is 0.377 e. The number of carbonyl (C=O) groups is 2. The van der Waals surface area contributed by atoms with E-state index in [-0.39, 0.29) is 30.5 Å². The van der Waals surface area contributed by atoms with Crippen LogP contribution in [0.15, 0.2) is 0 Å². The van der Waals surface area contributed by atoms with E-state index in [1.165, 1.54) is 0 Å². The van der Waals surface area contributed by atoms with Gasteiger partial charge in [-0.2, -0.15) is 0 Å². The van der Waals surface area contributed by atoms with Crippen LogP contribution in [0.4, 0.5) is 0 Å². The first-order chi connectivity index (χ1) is 7.56. The van der Waals surface area contributed by atoms with Crippen molar-refractivity contribution in [2.45, 2.75) is 39.3 Å². The molecule has 0 bridgehead atoms. The van der Waals surface area contributed by atoms with Gasteiger partial charge in [-0.3, -0.25) is 9.59 Å². The van der Waals surface area contributed by atoms with E-state index >= 15 is 0 Å². The van der Waals surface area contributed by atoms with Crippen molar-refractivity contribution in [3.63, 3.8) is 0 Å². The summed E-state index contributed by atoms with van der Waals surface area (Å²) in [5.41, 5.74) is 0. The molecule has 16 heavy (non-hydrogen) atoms. The normalized spacial score (nSPS) is 21.5. The van der Waals surface area contributed by atoms with E-state index < -0.39 is 0 Å². The molecule has 5 heteroatoms. The Labute approximate surface area is 96.1 Å². The maximum atomic E-state index is 11.6. The predicted octanol–water partition coefficient (Wildman–Crippen LogP) is 0.148. The number of hydrogen-bond acceptors (Lipinski definition) is 3. The molecule has 1 aliphatic heterocycles. The van der Waals surface area contributed by atoms with Crippen molar-refractivity contribution in [2.24, 2.45) is 0 Å². The van der Waals surface area contributed by atoms with Gasteiger partial charge in [0.25, 0.3) is 0 Å². The molecule has 0 aromatic carbocycles. The van der Waals surface area contributed by atoms with Gasteiger partial charge >= 0.3 is 0 Å². The summed E-state index contributed by atoms with van der Waals surface area (Å²) >= 11 is 0. The topological polar surface area (TPSA) is 58.6 Å². The Kier molecular flexibility index (Phi) is 4.73. The maximum absolute atomic E-state index is 11.6. The summed E-state index contributed by atoms with van der Waals surface area (Å²) in [6.07, 6.45) is 0.785. The second-order valence-corrected chi connectivity index (χ2v) is 4.15. The molecule has 1 rings (SSSR count). The van der Waals surface area contributed by atoms with Crippen LogP contribution in [0.25, 0.3) is 0 Å². The Hall–Kier alpha value is -1.10. The first-order valence-corrected chi connectivity index (χ1v) is 5.75. The van der Waals surface area contributed by atoms with E-state index in [2.05, 4.69) is 5.32 Å². The Bertz CT molecular complexity index is 266. The Morgan fingerprint density at radius 3 is 2.75 bits per heavy atom. The lowest BCUT2D eigenvalue weighted by molar-refractivity contribution is -0.146. The van der Waals surface area contributed by atoms with Crippen molar-refractivity contribution in [3.8, 4) is 0 Å². The highest BCUT2D eigenvalue weighted by Gasteiger charge is 2.32. The molecule has 0 aromatic rings. The van der Waals surface area contributed by atoms with Gasteiger partial charge in [0.15, 0.2) is 0 Å². The molecule has 0 spiro atoms. The highest BCUT2D eigenvalue weighted by Crippen LogP contribution is 2.09. The molecule has 0 radical (unpaired) electrons. The molecule has 1 saturated heterocycles. The molecule has 1 N–H and O–H groups in total. The molecule has 0 saturated carbocycles. The molecule has 1 aliphatic rings. The summed E-state index contributed by atoms with van der Waals surface area (Å²) in [6.45, 7) is 6.87. The van der Waals surface area contributed by atoms with E-state index in [0.717, 1.165) is 0 Å². The number of nitrogens with zero attached hydrogens (tertiary/aromatic N) is 1. The number of ether oxygens (including phenoxy) is 1. The third-order valence-corrected chi connectivity index (χ3v) is 2.58. The van der Waals surface area contributed by atoms with Crippen LogP contribution < -0.4 is 5.32 Å². The number of carbonyl (C=O) groups excluding carboxylic acids is 2. The second kappa shape index (κ2) is 5.84. The zero-order chi connectivity index (χ0) is 12.1. The lowest BCUT2D eigenvalue weighted by Crippen LogP contribution is -2.58. The first-order valence-electron chi connectivity index (χ1n) is 5.75. The number of piperazine rings is 1. The van der Waals surface area contributed by atoms with Gasteiger partial charge in [0.1, 0.15) is 6.04 Å². The molecule has 5 nitrogen and oxygen atoms in total. The summed E-state index contributed by atoms with van der Waals surface area (Å²) in [7, 11) is 0. The third-order valence-electron chi connectivity index (χ3n) is 2.58. The van der Waals surface area contributed by atoms with Gasteiger partial charge in [0.05, 0.1) is 19.3 Å². The Morgan fingerprint density at radius 1 is 1.50 bits per heavy atom. The lowest BCUT2D eigenvalue weighted by atomic mass is 10.1. The van der Waals surface area contributed by atoms with Crippen LogP contribution >= 0.6 is 0 Å². The summed E-state index contributed by atoms with van der Waals surface area (Å²) in [5, 5.41) is 2.59. The van der Waals surface area contributed by atoms with Crippen molar-refractivity contribution in [3.05, 3.63) is 0 Å². The Balaban J connectivity index is 2.51. The molecule has 2 amide bonds. The lowest BCUT2D eigenvalue weighted by Gasteiger charge is -2.34. The average molecular weight is 228 g/mol. The summed E-state index contributed by atoms with van der Waals surface area (Å²) in [4.78, 5) is 24.8. The molecule has 1 fully saturated rings. The average Bonchev–Trinajstić information content (AvgIpc) is 2.23. The fourth-order valence-corrected chi connectivity index (χ4v) is 1.77. The number of nitrogens with one attached hydrogen (secondary N) is 1. The molecular formula is C11H20N2O3. The highest BCUT2D eigenvalue weighted by atomic mass is 16.5. The third kappa shape index (κ3) is 3.20. The number of hydrogen-bond donors (Lipinski definition) is 1. The fraction of sp³-hybridized carbons (Fsp3) is 0.818. The van der Waals surface area contributed by atoms with Crippen LogP contribution in [-0.4, -0.2) is 48.6 Å². The molecule has 92 valence electrons. The van der Waals surface area contributed by atoms with Gasteiger partial charge in [-0.25, -0.2) is 0 Å². The quantitative estimate of drug-likeness (QED) is 0.728. The van der Waals surface area contributed by atoms with Crippen LogP contribution in [-0.2, 0) is 14.3 Å². The minimum absolute atomic E-state index is 0.0289. The summed E-state index contributed by atoms with van der Waals surface area (Å²) in [6, 6.07) is -0.336. The van der Waals surface area contributed by atoms with Crippen LogP contribution in [0.5, 0.6) is 0 Å². The van der Waals surface area contributed by atoms with Gasteiger partial charge in [-0.1, -0.05) is 6.92 Å². The van der Waals surface area contributed by atoms with Gasteiger partial charge < -0.3 is 15.0 Å². The minimum atomic E-state index is -0.336. The summed E-state index contributed by atoms with van der Waals surface area (Å²) < 4.78 is 5.40. The molecule has 1 unspecified atom stereocenters. The predicted molar refractivity (Wildman–Crippen MR) is 59.9 cm³/mol. The highest BCUT2D eigenvalue weighted by molar-refractivity contribution is 5.94. The van der Waals surface area contributed by atoms with Crippen molar-refractivity contribution in [1.82, 2.24) is 10.2 Å². The second-order valence-electron chi connectivity index (χ2n) is 4.15. The summed E-state index contributed by atoms with van der Waals surface area (Å²) in [5.74, 6) is -0.0922. The van der Waals surface area contributed by atoms with E-state index in [1.54, 1.807) is 4.90 Å². The molecule has 1 atom stereocenters. The van der Waals surface area contributed by atoms with Crippen molar-refractivity contribution < 1.29 is 14.3 Å². The van der Waals surface area contributed by atoms with Crippen molar-refractivity contribution in [1.29, 1.82) is 0 Å². The van der Waals surface area contributed by atoms with Crippen LogP contribution in [0.1, 0.15) is 27.2 Å². The zero-order valence-electron chi connectivity index (χ0n) is 10.2. The van der Waals surface area contributed by atoms with Gasteiger partial charge in [-0.15, -0.1) is 0 Å². The van der Waals surface area contributed by atoms with Crippen LogP contribution in [0, 0.1) is 0 Å². The zero-order valence-corrected chi connectivity index (χ0v) is 10.2. The standard InChI is InChI=1S/C11H20N2O3/c1-4-9-11(15)12-7-10(14)13(9)5-6-16-8(2)3/h8-9H,4-7H2,1-3H3,(H,12,15). The molecule has 0 aliphatic carbocycles.